The van der Waals surface area contributed by atoms with Crippen LogP contribution in [0.15, 0.2) is 30.3 Å². The van der Waals surface area contributed by atoms with E-state index < -0.39 is 6.04 Å². The fraction of sp³-hybridized carbons (Fsp3) is 0.533. The summed E-state index contributed by atoms with van der Waals surface area (Å²) in [4.78, 5) is 13.8. The molecule has 0 aliphatic heterocycles. The van der Waals surface area contributed by atoms with Crippen LogP contribution in [0.4, 0.5) is 0 Å². The molecule has 0 aromatic heterocycles. The Bertz CT molecular complexity index is 384. The van der Waals surface area contributed by atoms with Gasteiger partial charge in [-0.2, -0.15) is 0 Å². The molecule has 0 saturated carbocycles. The van der Waals surface area contributed by atoms with Gasteiger partial charge in [0, 0.05) is 19.6 Å². The smallest absolute Gasteiger partial charge is 0.237 e. The normalized spacial score (nSPS) is 12.1. The highest BCUT2D eigenvalue weighted by molar-refractivity contribution is 5.85. The van der Waals surface area contributed by atoms with Crippen LogP contribution in [0.2, 0.25) is 0 Å². The molecule has 0 bridgehead atoms. The number of likely N-dealkylation sites (N-methyl/N-ethyl adjacent to an activating group) is 1. The Morgan fingerprint density at radius 3 is 2.45 bits per heavy atom. The summed E-state index contributed by atoms with van der Waals surface area (Å²) in [5, 5.41) is 2.87. The van der Waals surface area contributed by atoms with Crippen LogP contribution in [0.3, 0.4) is 0 Å². The van der Waals surface area contributed by atoms with Crippen LogP contribution < -0.4 is 11.1 Å². The lowest BCUT2D eigenvalue weighted by atomic mass is 10.1. The van der Waals surface area contributed by atoms with Gasteiger partial charge in [-0.15, -0.1) is 12.4 Å². The van der Waals surface area contributed by atoms with Crippen LogP contribution in [-0.4, -0.2) is 37.0 Å². The Hall–Kier alpha value is -1.10. The fourth-order valence-corrected chi connectivity index (χ4v) is 1.76. The summed E-state index contributed by atoms with van der Waals surface area (Å²) in [6.07, 6.45) is 0. The topological polar surface area (TPSA) is 58.4 Å². The van der Waals surface area contributed by atoms with Gasteiger partial charge in [0.05, 0.1) is 6.04 Å². The van der Waals surface area contributed by atoms with Crippen molar-refractivity contribution in [2.24, 2.45) is 11.7 Å². The Balaban J connectivity index is 0.00000361. The molecular formula is C15H26ClN3O. The Kier molecular flexibility index (Phi) is 9.21. The maximum absolute atomic E-state index is 11.7. The number of nitrogens with one attached hydrogen (secondary N) is 1. The Morgan fingerprint density at radius 2 is 1.90 bits per heavy atom. The number of halogens is 1. The zero-order chi connectivity index (χ0) is 14.3. The molecule has 0 heterocycles. The van der Waals surface area contributed by atoms with Gasteiger partial charge in [0.1, 0.15) is 0 Å². The summed E-state index contributed by atoms with van der Waals surface area (Å²) in [6.45, 7) is 6.22. The van der Waals surface area contributed by atoms with Crippen molar-refractivity contribution >= 4 is 18.3 Å². The van der Waals surface area contributed by atoms with Gasteiger partial charge in [-0.1, -0.05) is 44.2 Å². The number of carbonyl (C=O) groups excluding carboxylic acids is 1. The monoisotopic (exact) mass is 299 g/mol. The summed E-state index contributed by atoms with van der Waals surface area (Å²) in [7, 11) is 2.04. The third-order valence-electron chi connectivity index (χ3n) is 3.11. The summed E-state index contributed by atoms with van der Waals surface area (Å²) in [6, 6.07) is 9.86. The second-order valence-electron chi connectivity index (χ2n) is 5.28. The molecular weight excluding hydrogens is 274 g/mol. The summed E-state index contributed by atoms with van der Waals surface area (Å²) < 4.78 is 0. The SMILES string of the molecule is CC(C)[C@H](N)C(=O)NCCN(C)Cc1ccccc1.Cl. The summed E-state index contributed by atoms with van der Waals surface area (Å²) in [5.74, 6) is 0.102. The molecule has 0 aliphatic carbocycles. The molecule has 0 unspecified atom stereocenters. The van der Waals surface area contributed by atoms with E-state index in [0.29, 0.717) is 6.54 Å². The summed E-state index contributed by atoms with van der Waals surface area (Å²) in [5.41, 5.74) is 7.05. The van der Waals surface area contributed by atoms with Crippen LogP contribution in [0.25, 0.3) is 0 Å². The molecule has 20 heavy (non-hydrogen) atoms. The minimum Gasteiger partial charge on any atom is -0.353 e. The van der Waals surface area contributed by atoms with Crippen LogP contribution in [0.5, 0.6) is 0 Å². The molecule has 0 spiro atoms. The molecule has 0 radical (unpaired) electrons. The molecule has 1 aromatic carbocycles. The van der Waals surface area contributed by atoms with Gasteiger partial charge < -0.3 is 16.0 Å². The molecule has 5 heteroatoms. The van der Waals surface area contributed by atoms with Crippen molar-refractivity contribution in [3.05, 3.63) is 35.9 Å². The third kappa shape index (κ3) is 6.89. The standard InChI is InChI=1S/C15H25N3O.ClH/c1-12(2)14(16)15(19)17-9-10-18(3)11-13-7-5-4-6-8-13;/h4-8,12,14H,9-11,16H2,1-3H3,(H,17,19);1H/t14-;/m0./s1. The predicted octanol–water partition coefficient (Wildman–Crippen LogP) is 1.64. The molecule has 0 saturated heterocycles. The van der Waals surface area contributed by atoms with Crippen LogP contribution in [-0.2, 0) is 11.3 Å². The first-order chi connectivity index (χ1) is 9.00. The zero-order valence-electron chi connectivity index (χ0n) is 12.5. The highest BCUT2D eigenvalue weighted by Gasteiger charge is 2.16. The first-order valence-electron chi connectivity index (χ1n) is 6.76. The lowest BCUT2D eigenvalue weighted by molar-refractivity contribution is -0.123. The molecule has 3 N–H and O–H groups in total. The Labute approximate surface area is 128 Å². The van der Waals surface area contributed by atoms with E-state index in [4.69, 9.17) is 5.73 Å². The second kappa shape index (κ2) is 9.75. The highest BCUT2D eigenvalue weighted by atomic mass is 35.5. The average molecular weight is 300 g/mol. The van der Waals surface area contributed by atoms with E-state index >= 15 is 0 Å². The van der Waals surface area contributed by atoms with E-state index in [1.54, 1.807) is 0 Å². The molecule has 4 nitrogen and oxygen atoms in total. The highest BCUT2D eigenvalue weighted by Crippen LogP contribution is 2.02. The number of hydrogen-bond donors (Lipinski definition) is 2. The van der Waals surface area contributed by atoms with E-state index in [0.717, 1.165) is 13.1 Å². The van der Waals surface area contributed by atoms with Crippen molar-refractivity contribution in [3.8, 4) is 0 Å². The molecule has 1 aromatic rings. The first kappa shape index (κ1) is 18.9. The van der Waals surface area contributed by atoms with Crippen molar-refractivity contribution in [1.82, 2.24) is 10.2 Å². The summed E-state index contributed by atoms with van der Waals surface area (Å²) >= 11 is 0. The molecule has 0 aliphatic rings. The van der Waals surface area contributed by atoms with E-state index in [1.165, 1.54) is 5.56 Å². The minimum absolute atomic E-state index is 0. The minimum atomic E-state index is -0.417. The zero-order valence-corrected chi connectivity index (χ0v) is 13.3. The largest absolute Gasteiger partial charge is 0.353 e. The van der Waals surface area contributed by atoms with E-state index in [1.807, 2.05) is 39.1 Å². The number of rotatable bonds is 7. The lowest BCUT2D eigenvalue weighted by Gasteiger charge is -2.19. The quantitative estimate of drug-likeness (QED) is 0.805. The number of nitrogens with two attached hydrogens (primary N) is 1. The molecule has 1 amide bonds. The van der Waals surface area contributed by atoms with E-state index in [-0.39, 0.29) is 24.2 Å². The number of amides is 1. The van der Waals surface area contributed by atoms with Crippen LogP contribution in [0.1, 0.15) is 19.4 Å². The number of carbonyl (C=O) groups is 1. The maximum Gasteiger partial charge on any atom is 0.237 e. The van der Waals surface area contributed by atoms with Crippen molar-refractivity contribution in [2.75, 3.05) is 20.1 Å². The number of hydrogen-bond acceptors (Lipinski definition) is 3. The van der Waals surface area contributed by atoms with E-state index in [9.17, 15) is 4.79 Å². The van der Waals surface area contributed by atoms with Gasteiger partial charge >= 0.3 is 0 Å². The van der Waals surface area contributed by atoms with Crippen molar-refractivity contribution < 1.29 is 4.79 Å². The van der Waals surface area contributed by atoms with Gasteiger partial charge in [-0.05, 0) is 18.5 Å². The van der Waals surface area contributed by atoms with Gasteiger partial charge in [0.25, 0.3) is 0 Å². The first-order valence-corrected chi connectivity index (χ1v) is 6.76. The second-order valence-corrected chi connectivity index (χ2v) is 5.28. The van der Waals surface area contributed by atoms with Gasteiger partial charge in [-0.25, -0.2) is 0 Å². The van der Waals surface area contributed by atoms with E-state index in [2.05, 4.69) is 22.3 Å². The van der Waals surface area contributed by atoms with Crippen molar-refractivity contribution in [2.45, 2.75) is 26.4 Å². The van der Waals surface area contributed by atoms with Gasteiger partial charge in [0.2, 0.25) is 5.91 Å². The number of nitrogens with zero attached hydrogens (tertiary/aromatic N) is 1. The molecule has 1 atom stereocenters. The number of benzene rings is 1. The van der Waals surface area contributed by atoms with Crippen LogP contribution >= 0.6 is 12.4 Å². The molecule has 1 rings (SSSR count). The van der Waals surface area contributed by atoms with Crippen molar-refractivity contribution in [1.29, 1.82) is 0 Å². The average Bonchev–Trinajstić information content (AvgIpc) is 2.38. The maximum atomic E-state index is 11.7. The Morgan fingerprint density at radius 1 is 1.30 bits per heavy atom. The molecule has 0 fully saturated rings. The lowest BCUT2D eigenvalue weighted by Crippen LogP contribution is -2.45. The van der Waals surface area contributed by atoms with Gasteiger partial charge in [-0.3, -0.25) is 4.79 Å². The van der Waals surface area contributed by atoms with Gasteiger partial charge in [0.15, 0.2) is 0 Å². The molecule has 114 valence electrons. The van der Waals surface area contributed by atoms with Crippen LogP contribution in [0, 0.1) is 5.92 Å². The fourth-order valence-electron chi connectivity index (χ4n) is 1.76. The third-order valence-corrected chi connectivity index (χ3v) is 3.11. The predicted molar refractivity (Wildman–Crippen MR) is 85.8 cm³/mol. The van der Waals surface area contributed by atoms with Crippen molar-refractivity contribution in [3.63, 3.8) is 0 Å².